The predicted octanol–water partition coefficient (Wildman–Crippen LogP) is 4.27. The van der Waals surface area contributed by atoms with Crippen LogP contribution >= 0.6 is 23.1 Å². The zero-order chi connectivity index (χ0) is 19.2. The van der Waals surface area contributed by atoms with Gasteiger partial charge in [-0.15, -0.1) is 11.3 Å². The second-order valence-corrected chi connectivity index (χ2v) is 8.41. The van der Waals surface area contributed by atoms with Crippen LogP contribution in [0.2, 0.25) is 0 Å². The molecule has 0 aliphatic heterocycles. The molecule has 0 unspecified atom stereocenters. The largest absolute Gasteiger partial charge is 0.462 e. The molecule has 140 valence electrons. The summed E-state index contributed by atoms with van der Waals surface area (Å²) in [6.07, 6.45) is -0.193. The van der Waals surface area contributed by atoms with Gasteiger partial charge in [-0.1, -0.05) is 36.0 Å². The molecule has 0 bridgehead atoms. The lowest BCUT2D eigenvalue weighted by molar-refractivity contribution is -0.146. The Morgan fingerprint density at radius 2 is 1.89 bits per heavy atom. The van der Waals surface area contributed by atoms with Crippen molar-refractivity contribution in [1.29, 1.82) is 0 Å². The molecule has 1 aromatic heterocycles. The Bertz CT molecular complexity index is 903. The average Bonchev–Trinajstić information content (AvgIpc) is 3.07. The molecule has 1 N–H and O–H groups in total. The number of hydrogen-bond acceptors (Lipinski definition) is 6. The second kappa shape index (κ2) is 9.01. The second-order valence-electron chi connectivity index (χ2n) is 6.15. The molecule has 3 aromatic rings. The maximum atomic E-state index is 12.1. The van der Waals surface area contributed by atoms with Crippen molar-refractivity contribution >= 4 is 45.2 Å². The first kappa shape index (κ1) is 19.4. The van der Waals surface area contributed by atoms with E-state index in [9.17, 15) is 9.59 Å². The number of thioether (sulfide) groups is 1. The number of para-hydroxylation sites is 1. The molecule has 0 saturated carbocycles. The van der Waals surface area contributed by atoms with E-state index < -0.39 is 5.97 Å². The third-order valence-corrected chi connectivity index (χ3v) is 5.86. The fourth-order valence-electron chi connectivity index (χ4n) is 2.37. The summed E-state index contributed by atoms with van der Waals surface area (Å²) >= 11 is 3.36. The van der Waals surface area contributed by atoms with Gasteiger partial charge < -0.3 is 10.1 Å². The van der Waals surface area contributed by atoms with E-state index in [1.807, 2.05) is 30.3 Å². The number of thiazole rings is 1. The number of rotatable bonds is 7. The first-order valence-corrected chi connectivity index (χ1v) is 10.4. The standard InChI is InChI=1S/C20H20N2O3S2/c1-13(2)25-18(23)11-21-19(24)15-9-7-14(8-10-15)12-26-20-22-16-5-3-4-6-17(16)27-20/h3-10,13H,11-12H2,1-2H3,(H,21,24). The molecule has 0 aliphatic rings. The Morgan fingerprint density at radius 1 is 1.15 bits per heavy atom. The van der Waals surface area contributed by atoms with Crippen molar-refractivity contribution in [1.82, 2.24) is 10.3 Å². The van der Waals surface area contributed by atoms with Crippen molar-refractivity contribution in [3.05, 3.63) is 59.7 Å². The fourth-order valence-corrected chi connectivity index (χ4v) is 4.39. The van der Waals surface area contributed by atoms with Gasteiger partial charge in [-0.3, -0.25) is 9.59 Å². The van der Waals surface area contributed by atoms with Crippen LogP contribution in [0.1, 0.15) is 29.8 Å². The van der Waals surface area contributed by atoms with Crippen molar-refractivity contribution in [2.24, 2.45) is 0 Å². The van der Waals surface area contributed by atoms with E-state index in [2.05, 4.69) is 16.4 Å². The number of fused-ring (bicyclic) bond motifs is 1. The van der Waals surface area contributed by atoms with Gasteiger partial charge in [0.05, 0.1) is 16.3 Å². The third-order valence-electron chi connectivity index (χ3n) is 3.61. The molecule has 0 saturated heterocycles. The minimum absolute atomic E-state index is 0.133. The molecule has 0 radical (unpaired) electrons. The highest BCUT2D eigenvalue weighted by Gasteiger charge is 2.10. The summed E-state index contributed by atoms with van der Waals surface area (Å²) in [4.78, 5) is 28.2. The minimum atomic E-state index is -0.442. The van der Waals surface area contributed by atoms with Crippen LogP contribution in [0, 0.1) is 0 Å². The van der Waals surface area contributed by atoms with E-state index >= 15 is 0 Å². The third kappa shape index (κ3) is 5.55. The zero-order valence-electron chi connectivity index (χ0n) is 15.1. The summed E-state index contributed by atoms with van der Waals surface area (Å²) < 4.78 is 7.20. The van der Waals surface area contributed by atoms with Crippen molar-refractivity contribution in [2.45, 2.75) is 30.0 Å². The number of esters is 1. The Balaban J connectivity index is 1.52. The van der Waals surface area contributed by atoms with Gasteiger partial charge in [0.2, 0.25) is 0 Å². The number of amides is 1. The molecule has 3 rings (SSSR count). The Labute approximate surface area is 166 Å². The Kier molecular flexibility index (Phi) is 6.47. The summed E-state index contributed by atoms with van der Waals surface area (Å²) in [6.45, 7) is 3.40. The highest BCUT2D eigenvalue weighted by molar-refractivity contribution is 8.00. The first-order chi connectivity index (χ1) is 13.0. The van der Waals surface area contributed by atoms with Crippen LogP contribution < -0.4 is 5.32 Å². The number of ether oxygens (including phenoxy) is 1. The molecule has 2 aromatic carbocycles. The molecular formula is C20H20N2O3S2. The molecule has 1 amide bonds. The molecule has 27 heavy (non-hydrogen) atoms. The Hall–Kier alpha value is -2.38. The summed E-state index contributed by atoms with van der Waals surface area (Å²) in [5.74, 6) is 0.0471. The van der Waals surface area contributed by atoms with Crippen LogP contribution in [0.25, 0.3) is 10.2 Å². The lowest BCUT2D eigenvalue weighted by Gasteiger charge is -2.09. The van der Waals surface area contributed by atoms with Gasteiger partial charge >= 0.3 is 5.97 Å². The van der Waals surface area contributed by atoms with Crippen LogP contribution in [-0.2, 0) is 15.3 Å². The molecule has 0 fully saturated rings. The van der Waals surface area contributed by atoms with E-state index in [0.717, 1.165) is 21.2 Å². The van der Waals surface area contributed by atoms with Gasteiger partial charge in [-0.25, -0.2) is 4.98 Å². The number of carbonyl (C=O) groups excluding carboxylic acids is 2. The first-order valence-electron chi connectivity index (χ1n) is 8.56. The van der Waals surface area contributed by atoms with Crippen molar-refractivity contribution in [3.8, 4) is 0 Å². The number of hydrogen-bond donors (Lipinski definition) is 1. The van der Waals surface area contributed by atoms with Crippen molar-refractivity contribution < 1.29 is 14.3 Å². The van der Waals surface area contributed by atoms with E-state index in [1.165, 1.54) is 4.70 Å². The lowest BCUT2D eigenvalue weighted by Crippen LogP contribution is -2.31. The van der Waals surface area contributed by atoms with E-state index in [-0.39, 0.29) is 18.6 Å². The quantitative estimate of drug-likeness (QED) is 0.474. The lowest BCUT2D eigenvalue weighted by atomic mass is 10.1. The summed E-state index contributed by atoms with van der Waals surface area (Å²) in [6, 6.07) is 15.4. The SMILES string of the molecule is CC(C)OC(=O)CNC(=O)c1ccc(CSc2nc3ccccc3s2)cc1. The van der Waals surface area contributed by atoms with Crippen LogP contribution in [0.4, 0.5) is 0 Å². The summed E-state index contributed by atoms with van der Waals surface area (Å²) in [5.41, 5.74) is 2.64. The van der Waals surface area contributed by atoms with Gasteiger partial charge in [0, 0.05) is 11.3 Å². The van der Waals surface area contributed by atoms with Gasteiger partial charge in [0.15, 0.2) is 4.34 Å². The van der Waals surface area contributed by atoms with Crippen LogP contribution in [0.5, 0.6) is 0 Å². The maximum Gasteiger partial charge on any atom is 0.325 e. The van der Waals surface area contributed by atoms with Crippen LogP contribution in [-0.4, -0.2) is 29.5 Å². The van der Waals surface area contributed by atoms with Crippen LogP contribution in [0.3, 0.4) is 0 Å². The zero-order valence-corrected chi connectivity index (χ0v) is 16.7. The molecule has 7 heteroatoms. The van der Waals surface area contributed by atoms with Gasteiger partial charge in [-0.2, -0.15) is 0 Å². The minimum Gasteiger partial charge on any atom is -0.462 e. The molecule has 1 heterocycles. The van der Waals surface area contributed by atoms with Crippen molar-refractivity contribution in [3.63, 3.8) is 0 Å². The summed E-state index contributed by atoms with van der Waals surface area (Å²) in [7, 11) is 0. The molecular weight excluding hydrogens is 380 g/mol. The van der Waals surface area contributed by atoms with Gasteiger partial charge in [0.1, 0.15) is 6.54 Å². The predicted molar refractivity (Wildman–Crippen MR) is 109 cm³/mol. The van der Waals surface area contributed by atoms with Crippen LogP contribution in [0.15, 0.2) is 52.9 Å². The Morgan fingerprint density at radius 3 is 2.59 bits per heavy atom. The van der Waals surface area contributed by atoms with E-state index in [0.29, 0.717) is 5.56 Å². The highest BCUT2D eigenvalue weighted by atomic mass is 32.2. The number of nitrogens with zero attached hydrogens (tertiary/aromatic N) is 1. The molecule has 5 nitrogen and oxygen atoms in total. The molecule has 0 spiro atoms. The summed E-state index contributed by atoms with van der Waals surface area (Å²) in [5, 5.41) is 2.57. The number of nitrogens with one attached hydrogen (secondary N) is 1. The highest BCUT2D eigenvalue weighted by Crippen LogP contribution is 2.31. The number of benzene rings is 2. The van der Waals surface area contributed by atoms with Crippen molar-refractivity contribution in [2.75, 3.05) is 6.54 Å². The molecule has 0 atom stereocenters. The van der Waals surface area contributed by atoms with Gasteiger partial charge in [0.25, 0.3) is 5.91 Å². The average molecular weight is 401 g/mol. The topological polar surface area (TPSA) is 68.3 Å². The smallest absolute Gasteiger partial charge is 0.325 e. The fraction of sp³-hybridized carbons (Fsp3) is 0.250. The van der Waals surface area contributed by atoms with E-state index in [1.54, 1.807) is 49.1 Å². The number of aromatic nitrogens is 1. The maximum absolute atomic E-state index is 12.1. The molecule has 0 aliphatic carbocycles. The van der Waals surface area contributed by atoms with E-state index in [4.69, 9.17) is 4.74 Å². The van der Waals surface area contributed by atoms with Gasteiger partial charge in [-0.05, 0) is 43.7 Å². The number of carbonyl (C=O) groups is 2. The normalized spacial score (nSPS) is 10.9. The monoisotopic (exact) mass is 400 g/mol.